The molecule has 0 aliphatic heterocycles. The highest BCUT2D eigenvalue weighted by atomic mass is 16.3. The molecule has 0 bridgehead atoms. The number of rotatable bonds is 5. The molecule has 0 unspecified atom stereocenters. The smallest absolute Gasteiger partial charge is 0.0607 e. The van der Waals surface area contributed by atoms with E-state index in [2.05, 4.69) is 37.4 Å². The van der Waals surface area contributed by atoms with Crippen molar-refractivity contribution in [2.45, 2.75) is 39.7 Å². The van der Waals surface area contributed by atoms with Crippen molar-refractivity contribution in [1.29, 1.82) is 0 Å². The van der Waals surface area contributed by atoms with Crippen molar-refractivity contribution in [2.75, 3.05) is 13.2 Å². The van der Waals surface area contributed by atoms with Crippen LogP contribution in [0.3, 0.4) is 0 Å². The van der Waals surface area contributed by atoms with Crippen LogP contribution in [-0.2, 0) is 6.42 Å². The first-order valence-corrected chi connectivity index (χ1v) is 5.86. The lowest BCUT2D eigenvalue weighted by atomic mass is 10.0. The van der Waals surface area contributed by atoms with E-state index < -0.39 is 0 Å². The molecule has 2 nitrogen and oxygen atoms in total. The van der Waals surface area contributed by atoms with Crippen LogP contribution in [0.15, 0.2) is 18.2 Å². The first-order chi connectivity index (χ1) is 7.44. The molecule has 0 radical (unpaired) electrons. The summed E-state index contributed by atoms with van der Waals surface area (Å²) in [6, 6.07) is 6.55. The third kappa shape index (κ3) is 3.95. The van der Waals surface area contributed by atoms with Crippen molar-refractivity contribution < 1.29 is 5.11 Å². The Bertz CT molecular complexity index is 345. The highest BCUT2D eigenvalue weighted by molar-refractivity contribution is 5.30. The van der Waals surface area contributed by atoms with E-state index in [4.69, 9.17) is 5.11 Å². The Labute approximate surface area is 98.7 Å². The molecule has 0 heterocycles. The highest BCUT2D eigenvalue weighted by Crippen LogP contribution is 2.11. The van der Waals surface area contributed by atoms with Gasteiger partial charge in [0.2, 0.25) is 0 Å². The molecule has 0 aliphatic rings. The molecule has 0 saturated heterocycles. The number of nitrogens with one attached hydrogen (secondary N) is 1. The number of aliphatic hydroxyl groups excluding tert-OH is 1. The Morgan fingerprint density at radius 3 is 2.56 bits per heavy atom. The van der Waals surface area contributed by atoms with Crippen LogP contribution in [0.4, 0.5) is 0 Å². The average molecular weight is 221 g/mol. The van der Waals surface area contributed by atoms with Crippen LogP contribution in [0, 0.1) is 13.8 Å². The number of benzene rings is 1. The second kappa shape index (κ2) is 5.46. The Morgan fingerprint density at radius 1 is 1.25 bits per heavy atom. The summed E-state index contributed by atoms with van der Waals surface area (Å²) >= 11 is 0. The molecule has 0 aliphatic carbocycles. The van der Waals surface area contributed by atoms with Gasteiger partial charge in [0, 0.05) is 5.54 Å². The van der Waals surface area contributed by atoms with Crippen LogP contribution in [0.5, 0.6) is 0 Å². The van der Waals surface area contributed by atoms with Crippen molar-refractivity contribution in [3.8, 4) is 0 Å². The minimum atomic E-state index is -0.183. The normalized spacial score (nSPS) is 11.8. The standard InChI is InChI=1S/C14H23NO/c1-11-5-6-12(2)13(9-11)7-8-15-14(3,4)10-16/h5-6,9,15-16H,7-8,10H2,1-4H3. The number of hydrogen-bond donors (Lipinski definition) is 2. The van der Waals surface area contributed by atoms with Gasteiger partial charge in [-0.25, -0.2) is 0 Å². The molecule has 1 aromatic carbocycles. The van der Waals surface area contributed by atoms with Crippen molar-refractivity contribution in [1.82, 2.24) is 5.32 Å². The third-order valence-electron chi connectivity index (χ3n) is 2.90. The molecule has 0 saturated carbocycles. The predicted octanol–water partition coefficient (Wildman–Crippen LogP) is 2.21. The zero-order valence-corrected chi connectivity index (χ0v) is 10.8. The second-order valence-electron chi connectivity index (χ2n) is 5.15. The summed E-state index contributed by atoms with van der Waals surface area (Å²) in [5.41, 5.74) is 3.86. The van der Waals surface area contributed by atoms with E-state index in [0.717, 1.165) is 13.0 Å². The molecule has 0 amide bonds. The molecular weight excluding hydrogens is 198 g/mol. The van der Waals surface area contributed by atoms with Gasteiger partial charge in [0.25, 0.3) is 0 Å². The quantitative estimate of drug-likeness (QED) is 0.799. The molecule has 0 aromatic heterocycles. The molecule has 0 fully saturated rings. The maximum absolute atomic E-state index is 9.13. The van der Waals surface area contributed by atoms with E-state index in [0.29, 0.717) is 0 Å². The van der Waals surface area contributed by atoms with Crippen molar-refractivity contribution in [2.24, 2.45) is 0 Å². The van der Waals surface area contributed by atoms with Gasteiger partial charge >= 0.3 is 0 Å². The average Bonchev–Trinajstić information content (AvgIpc) is 2.23. The van der Waals surface area contributed by atoms with Crippen LogP contribution in [0.1, 0.15) is 30.5 Å². The minimum absolute atomic E-state index is 0.166. The van der Waals surface area contributed by atoms with E-state index in [1.54, 1.807) is 0 Å². The fourth-order valence-electron chi connectivity index (χ4n) is 1.66. The van der Waals surface area contributed by atoms with Gasteiger partial charge in [0.05, 0.1) is 6.61 Å². The van der Waals surface area contributed by atoms with Gasteiger partial charge in [-0.05, 0) is 51.8 Å². The van der Waals surface area contributed by atoms with E-state index in [1.807, 2.05) is 13.8 Å². The van der Waals surface area contributed by atoms with E-state index in [1.165, 1.54) is 16.7 Å². The van der Waals surface area contributed by atoms with E-state index >= 15 is 0 Å². The fraction of sp³-hybridized carbons (Fsp3) is 0.571. The molecular formula is C14H23NO. The molecule has 2 heteroatoms. The lowest BCUT2D eigenvalue weighted by Crippen LogP contribution is -2.43. The Balaban J connectivity index is 2.52. The molecule has 16 heavy (non-hydrogen) atoms. The fourth-order valence-corrected chi connectivity index (χ4v) is 1.66. The van der Waals surface area contributed by atoms with Crippen molar-refractivity contribution in [3.63, 3.8) is 0 Å². The second-order valence-corrected chi connectivity index (χ2v) is 5.15. The molecule has 2 N–H and O–H groups in total. The van der Waals surface area contributed by atoms with Gasteiger partial charge in [0.1, 0.15) is 0 Å². The highest BCUT2D eigenvalue weighted by Gasteiger charge is 2.14. The van der Waals surface area contributed by atoms with Crippen LogP contribution < -0.4 is 5.32 Å². The van der Waals surface area contributed by atoms with Gasteiger partial charge in [-0.1, -0.05) is 23.8 Å². The third-order valence-corrected chi connectivity index (χ3v) is 2.90. The van der Waals surface area contributed by atoms with Gasteiger partial charge in [0.15, 0.2) is 0 Å². The molecule has 1 aromatic rings. The summed E-state index contributed by atoms with van der Waals surface area (Å²) in [5, 5.41) is 12.5. The lowest BCUT2D eigenvalue weighted by molar-refractivity contribution is 0.189. The first-order valence-electron chi connectivity index (χ1n) is 5.86. The maximum Gasteiger partial charge on any atom is 0.0607 e. The van der Waals surface area contributed by atoms with E-state index in [-0.39, 0.29) is 12.1 Å². The Morgan fingerprint density at radius 2 is 1.94 bits per heavy atom. The number of aliphatic hydroxyl groups is 1. The predicted molar refractivity (Wildman–Crippen MR) is 68.8 cm³/mol. The molecule has 90 valence electrons. The van der Waals surface area contributed by atoms with Crippen LogP contribution >= 0.6 is 0 Å². The maximum atomic E-state index is 9.13. The molecule has 1 rings (SSSR count). The van der Waals surface area contributed by atoms with Crippen LogP contribution in [-0.4, -0.2) is 23.8 Å². The van der Waals surface area contributed by atoms with Gasteiger partial charge in [-0.15, -0.1) is 0 Å². The summed E-state index contributed by atoms with van der Waals surface area (Å²) in [6.45, 7) is 9.35. The van der Waals surface area contributed by atoms with Crippen LogP contribution in [0.2, 0.25) is 0 Å². The SMILES string of the molecule is Cc1ccc(C)c(CCNC(C)(C)CO)c1. The summed E-state index contributed by atoms with van der Waals surface area (Å²) in [4.78, 5) is 0. The minimum Gasteiger partial charge on any atom is -0.394 e. The van der Waals surface area contributed by atoms with E-state index in [9.17, 15) is 0 Å². The van der Waals surface area contributed by atoms with Crippen LogP contribution in [0.25, 0.3) is 0 Å². The number of hydrogen-bond acceptors (Lipinski definition) is 2. The zero-order chi connectivity index (χ0) is 12.2. The lowest BCUT2D eigenvalue weighted by Gasteiger charge is -2.23. The topological polar surface area (TPSA) is 32.3 Å². The molecule has 0 spiro atoms. The summed E-state index contributed by atoms with van der Waals surface area (Å²) in [7, 11) is 0. The van der Waals surface area contributed by atoms with Gasteiger partial charge in [-0.3, -0.25) is 0 Å². The van der Waals surface area contributed by atoms with Crippen molar-refractivity contribution in [3.05, 3.63) is 34.9 Å². The number of aryl methyl sites for hydroxylation is 2. The summed E-state index contributed by atoms with van der Waals surface area (Å²) < 4.78 is 0. The zero-order valence-electron chi connectivity index (χ0n) is 10.8. The van der Waals surface area contributed by atoms with Gasteiger partial charge < -0.3 is 10.4 Å². The monoisotopic (exact) mass is 221 g/mol. The largest absolute Gasteiger partial charge is 0.394 e. The summed E-state index contributed by atoms with van der Waals surface area (Å²) in [6.07, 6.45) is 1.01. The molecule has 0 atom stereocenters. The summed E-state index contributed by atoms with van der Waals surface area (Å²) in [5.74, 6) is 0. The Hall–Kier alpha value is -0.860. The first kappa shape index (κ1) is 13.2. The van der Waals surface area contributed by atoms with Crippen molar-refractivity contribution >= 4 is 0 Å². The Kier molecular flexibility index (Phi) is 4.51. The van der Waals surface area contributed by atoms with Gasteiger partial charge in [-0.2, -0.15) is 0 Å².